The van der Waals surface area contributed by atoms with Gasteiger partial charge in [0.1, 0.15) is 5.82 Å². The van der Waals surface area contributed by atoms with Gasteiger partial charge in [0.25, 0.3) is 5.91 Å². The number of rotatable bonds is 8. The molecule has 0 aliphatic rings. The molecule has 3 N–H and O–H groups in total. The molecule has 1 unspecified atom stereocenters. The molecular weight excluding hydrogens is 482 g/mol. The Labute approximate surface area is 189 Å². The lowest BCUT2D eigenvalue weighted by molar-refractivity contribution is 0.0939. The second-order valence-electron chi connectivity index (χ2n) is 6.67. The maximum Gasteiger partial charge on any atom is 0.251 e. The quantitative estimate of drug-likeness (QED) is 0.286. The summed E-state index contributed by atoms with van der Waals surface area (Å²) in [6.07, 6.45) is 1.48. The third kappa shape index (κ3) is 8.39. The maximum atomic E-state index is 13.6. The van der Waals surface area contributed by atoms with Gasteiger partial charge in [0.05, 0.1) is 0 Å². The predicted molar refractivity (Wildman–Crippen MR) is 127 cm³/mol. The summed E-state index contributed by atoms with van der Waals surface area (Å²) in [5.41, 5.74) is 2.37. The molecule has 0 saturated carbocycles. The molecular formula is C22H30FIN4O. The van der Waals surface area contributed by atoms with Gasteiger partial charge in [-0.25, -0.2) is 4.39 Å². The largest absolute Gasteiger partial charge is 0.356 e. The van der Waals surface area contributed by atoms with Crippen LogP contribution in [0.4, 0.5) is 4.39 Å². The van der Waals surface area contributed by atoms with Gasteiger partial charge in [-0.3, -0.25) is 9.79 Å². The van der Waals surface area contributed by atoms with Crippen LogP contribution in [0.5, 0.6) is 0 Å². The Kier molecular flexibility index (Phi) is 11.3. The van der Waals surface area contributed by atoms with E-state index in [1.165, 1.54) is 6.07 Å². The van der Waals surface area contributed by atoms with E-state index in [0.29, 0.717) is 36.6 Å². The molecule has 0 bridgehead atoms. The summed E-state index contributed by atoms with van der Waals surface area (Å²) >= 11 is 0. The topological polar surface area (TPSA) is 65.5 Å². The fourth-order valence-corrected chi connectivity index (χ4v) is 2.61. The van der Waals surface area contributed by atoms with Gasteiger partial charge in [0, 0.05) is 31.7 Å². The van der Waals surface area contributed by atoms with Crippen LogP contribution in [0.15, 0.2) is 53.5 Å². The monoisotopic (exact) mass is 512 g/mol. The maximum absolute atomic E-state index is 13.6. The molecule has 2 aromatic carbocycles. The highest BCUT2D eigenvalue weighted by atomic mass is 127. The first-order valence-corrected chi connectivity index (χ1v) is 9.61. The van der Waals surface area contributed by atoms with Gasteiger partial charge in [0.2, 0.25) is 0 Å². The van der Waals surface area contributed by atoms with Gasteiger partial charge in [0.15, 0.2) is 5.96 Å². The van der Waals surface area contributed by atoms with Gasteiger partial charge < -0.3 is 16.0 Å². The molecule has 158 valence electrons. The summed E-state index contributed by atoms with van der Waals surface area (Å²) in [7, 11) is 1.70. The van der Waals surface area contributed by atoms with Crippen molar-refractivity contribution < 1.29 is 9.18 Å². The first kappa shape index (κ1) is 24.9. The van der Waals surface area contributed by atoms with E-state index in [-0.39, 0.29) is 41.7 Å². The second kappa shape index (κ2) is 13.1. The highest BCUT2D eigenvalue weighted by Gasteiger charge is 2.08. The number of nitrogens with one attached hydrogen (secondary N) is 3. The highest BCUT2D eigenvalue weighted by molar-refractivity contribution is 14.0. The van der Waals surface area contributed by atoms with E-state index in [1.54, 1.807) is 19.2 Å². The van der Waals surface area contributed by atoms with E-state index in [9.17, 15) is 9.18 Å². The van der Waals surface area contributed by atoms with Gasteiger partial charge in [-0.05, 0) is 49.1 Å². The standard InChI is InChI=1S/C22H29FN4O.HI/c1-4-16(2)27-21(28)19-11-9-17(10-12-19)15-26-22(24-3)25-14-13-18-7-5-6-8-20(18)23;/h5-12,16H,4,13-15H2,1-3H3,(H,27,28)(H2,24,25,26);1H. The van der Waals surface area contributed by atoms with Crippen molar-refractivity contribution in [2.45, 2.75) is 39.3 Å². The number of benzene rings is 2. The van der Waals surface area contributed by atoms with Crippen molar-refractivity contribution in [3.05, 3.63) is 71.0 Å². The van der Waals surface area contributed by atoms with Crippen molar-refractivity contribution in [2.75, 3.05) is 13.6 Å². The van der Waals surface area contributed by atoms with E-state index >= 15 is 0 Å². The summed E-state index contributed by atoms with van der Waals surface area (Å²) in [6, 6.07) is 14.4. The number of carbonyl (C=O) groups is 1. The average molecular weight is 512 g/mol. The van der Waals surface area contributed by atoms with E-state index in [1.807, 2.05) is 44.2 Å². The lowest BCUT2D eigenvalue weighted by Gasteiger charge is -2.13. The summed E-state index contributed by atoms with van der Waals surface area (Å²) < 4.78 is 13.6. The van der Waals surface area contributed by atoms with Crippen LogP contribution in [-0.2, 0) is 13.0 Å². The Morgan fingerprint density at radius 3 is 2.41 bits per heavy atom. The van der Waals surface area contributed by atoms with Gasteiger partial charge >= 0.3 is 0 Å². The van der Waals surface area contributed by atoms with Crippen LogP contribution in [0.25, 0.3) is 0 Å². The molecule has 7 heteroatoms. The fourth-order valence-electron chi connectivity index (χ4n) is 2.61. The van der Waals surface area contributed by atoms with Gasteiger partial charge in [-0.15, -0.1) is 24.0 Å². The van der Waals surface area contributed by atoms with Gasteiger partial charge in [-0.1, -0.05) is 37.3 Å². The van der Waals surface area contributed by atoms with E-state index in [4.69, 9.17) is 0 Å². The van der Waals surface area contributed by atoms with Crippen LogP contribution in [0.3, 0.4) is 0 Å². The number of nitrogens with zero attached hydrogens (tertiary/aromatic N) is 1. The first-order chi connectivity index (χ1) is 13.5. The molecule has 0 spiro atoms. The highest BCUT2D eigenvalue weighted by Crippen LogP contribution is 2.07. The van der Waals surface area contributed by atoms with Crippen molar-refractivity contribution in [2.24, 2.45) is 4.99 Å². The van der Waals surface area contributed by atoms with Crippen molar-refractivity contribution >= 4 is 35.8 Å². The normalized spacial score (nSPS) is 11.9. The number of amides is 1. The lowest BCUT2D eigenvalue weighted by Crippen LogP contribution is -2.38. The summed E-state index contributed by atoms with van der Waals surface area (Å²) in [5.74, 6) is 0.402. The van der Waals surface area contributed by atoms with Crippen molar-refractivity contribution in [3.8, 4) is 0 Å². The second-order valence-corrected chi connectivity index (χ2v) is 6.67. The summed E-state index contributed by atoms with van der Waals surface area (Å²) in [6.45, 7) is 5.18. The summed E-state index contributed by atoms with van der Waals surface area (Å²) in [4.78, 5) is 16.3. The molecule has 0 saturated heterocycles. The number of halogens is 2. The minimum Gasteiger partial charge on any atom is -0.356 e. The number of hydrogen-bond acceptors (Lipinski definition) is 2. The van der Waals surface area contributed by atoms with Crippen molar-refractivity contribution in [1.29, 1.82) is 0 Å². The average Bonchev–Trinajstić information content (AvgIpc) is 2.72. The molecule has 2 aromatic rings. The fraction of sp³-hybridized carbons (Fsp3) is 0.364. The van der Waals surface area contributed by atoms with E-state index in [2.05, 4.69) is 20.9 Å². The van der Waals surface area contributed by atoms with Crippen LogP contribution in [-0.4, -0.2) is 31.5 Å². The molecule has 0 aromatic heterocycles. The zero-order chi connectivity index (χ0) is 20.4. The van der Waals surface area contributed by atoms with Crippen molar-refractivity contribution in [3.63, 3.8) is 0 Å². The van der Waals surface area contributed by atoms with E-state index < -0.39 is 0 Å². The van der Waals surface area contributed by atoms with Crippen molar-refractivity contribution in [1.82, 2.24) is 16.0 Å². The Balaban J connectivity index is 0.00000420. The van der Waals surface area contributed by atoms with E-state index in [0.717, 1.165) is 12.0 Å². The molecule has 0 aliphatic heterocycles. The van der Waals surface area contributed by atoms with Crippen LogP contribution in [0.1, 0.15) is 41.8 Å². The minimum absolute atomic E-state index is 0. The third-order valence-corrected chi connectivity index (χ3v) is 4.53. The molecule has 1 amide bonds. The number of carbonyl (C=O) groups excluding carboxylic acids is 1. The van der Waals surface area contributed by atoms with Crippen LogP contribution < -0.4 is 16.0 Å². The van der Waals surface area contributed by atoms with Crippen LogP contribution in [0, 0.1) is 5.82 Å². The Morgan fingerprint density at radius 1 is 1.10 bits per heavy atom. The summed E-state index contributed by atoms with van der Waals surface area (Å²) in [5, 5.41) is 9.36. The molecule has 1 atom stereocenters. The molecule has 0 radical (unpaired) electrons. The third-order valence-electron chi connectivity index (χ3n) is 4.53. The Hall–Kier alpha value is -2.16. The number of hydrogen-bond donors (Lipinski definition) is 3. The molecule has 2 rings (SSSR count). The molecule has 0 fully saturated rings. The molecule has 5 nitrogen and oxygen atoms in total. The Morgan fingerprint density at radius 2 is 1.79 bits per heavy atom. The van der Waals surface area contributed by atoms with Gasteiger partial charge in [-0.2, -0.15) is 0 Å². The predicted octanol–water partition coefficient (Wildman–Crippen LogP) is 3.88. The molecule has 29 heavy (non-hydrogen) atoms. The number of aliphatic imine (C=N–C) groups is 1. The minimum atomic E-state index is -0.190. The zero-order valence-electron chi connectivity index (χ0n) is 17.2. The number of guanidine groups is 1. The molecule has 0 heterocycles. The Bertz CT molecular complexity index is 796. The smallest absolute Gasteiger partial charge is 0.251 e. The van der Waals surface area contributed by atoms with Crippen LogP contribution >= 0.6 is 24.0 Å². The first-order valence-electron chi connectivity index (χ1n) is 9.61. The van der Waals surface area contributed by atoms with Crippen LogP contribution in [0.2, 0.25) is 0 Å². The SMILES string of the molecule is CCC(C)NC(=O)c1ccc(CNC(=NC)NCCc2ccccc2F)cc1.I. The lowest BCUT2D eigenvalue weighted by atomic mass is 10.1. The zero-order valence-corrected chi connectivity index (χ0v) is 19.5. The molecule has 0 aliphatic carbocycles.